The van der Waals surface area contributed by atoms with Crippen molar-refractivity contribution in [3.05, 3.63) is 71.2 Å². The van der Waals surface area contributed by atoms with Crippen LogP contribution in [0.1, 0.15) is 66.2 Å². The predicted octanol–water partition coefficient (Wildman–Crippen LogP) is 5.49. The summed E-state index contributed by atoms with van der Waals surface area (Å²) in [5.74, 6) is -0.516. The Hall–Kier alpha value is -2.75. The zero-order chi connectivity index (χ0) is 27.9. The van der Waals surface area contributed by atoms with E-state index in [4.69, 9.17) is 11.6 Å². The van der Waals surface area contributed by atoms with Gasteiger partial charge in [0, 0.05) is 63.5 Å². The van der Waals surface area contributed by atoms with Crippen LogP contribution in [0, 0.1) is 5.92 Å². The Balaban J connectivity index is 1.27. The van der Waals surface area contributed by atoms with E-state index >= 15 is 0 Å². The fraction of sp³-hybridized carbons (Fsp3) is 0.533. The van der Waals surface area contributed by atoms with Crippen LogP contribution in [-0.4, -0.2) is 86.4 Å². The number of allylic oxidation sites excluding steroid dienone is 2. The summed E-state index contributed by atoms with van der Waals surface area (Å²) in [6.45, 7) is 6.25. The van der Waals surface area contributed by atoms with Gasteiger partial charge in [-0.25, -0.2) is 13.6 Å². The van der Waals surface area contributed by atoms with Gasteiger partial charge in [0.25, 0.3) is 6.43 Å². The Labute approximate surface area is 238 Å². The highest BCUT2D eigenvalue weighted by Gasteiger charge is 2.41. The van der Waals surface area contributed by atoms with Crippen molar-refractivity contribution in [1.29, 1.82) is 0 Å². The zero-order valence-electron chi connectivity index (χ0n) is 22.6. The quantitative estimate of drug-likeness (QED) is 0.334. The molecule has 40 heavy (non-hydrogen) atoms. The summed E-state index contributed by atoms with van der Waals surface area (Å²) >= 11 is 7.42. The third-order valence-corrected chi connectivity index (χ3v) is 9.32. The number of piperidine rings is 1. The third-order valence-electron chi connectivity index (χ3n) is 8.82. The second kappa shape index (κ2) is 11.3. The van der Waals surface area contributed by atoms with Crippen molar-refractivity contribution >= 4 is 23.1 Å². The molecule has 3 heterocycles. The first kappa shape index (κ1) is 27.4. The van der Waals surface area contributed by atoms with E-state index in [-0.39, 0.29) is 6.04 Å². The number of piperazine rings is 1. The van der Waals surface area contributed by atoms with Crippen molar-refractivity contribution in [2.75, 3.05) is 45.8 Å². The molecule has 0 radical (unpaired) electrons. The van der Waals surface area contributed by atoms with Gasteiger partial charge in [0.2, 0.25) is 0 Å². The average molecular weight is 572 g/mol. The molecule has 10 heteroatoms. The molecule has 0 spiro atoms. The number of alkyl halides is 3. The molecule has 0 bridgehead atoms. The minimum Gasteiger partial charge on any atom is -0.478 e. The molecule has 1 aromatic heterocycles. The van der Waals surface area contributed by atoms with Gasteiger partial charge in [0.15, 0.2) is 0 Å². The number of carboxylic acids is 1. The minimum absolute atomic E-state index is 0.364. The summed E-state index contributed by atoms with van der Waals surface area (Å²) in [5, 5.41) is 13.6. The molecule has 2 aliphatic heterocycles. The summed E-state index contributed by atoms with van der Waals surface area (Å²) in [7, 11) is 0. The highest BCUT2D eigenvalue weighted by atomic mass is 35.5. The van der Waals surface area contributed by atoms with Crippen molar-refractivity contribution in [2.24, 2.45) is 5.92 Å². The monoisotopic (exact) mass is 571 g/mol. The van der Waals surface area contributed by atoms with Gasteiger partial charge in [-0.2, -0.15) is 5.10 Å². The van der Waals surface area contributed by atoms with Crippen LogP contribution in [0.25, 0.3) is 5.57 Å². The number of aromatic nitrogens is 2. The van der Waals surface area contributed by atoms with Crippen LogP contribution in [0.4, 0.5) is 8.78 Å². The van der Waals surface area contributed by atoms with Crippen molar-refractivity contribution < 1.29 is 18.7 Å². The number of halogens is 3. The number of hydrogen-bond donors (Lipinski definition) is 1. The van der Waals surface area contributed by atoms with E-state index in [0.717, 1.165) is 68.1 Å². The standard InChI is InChI=1S/C30H36ClF2N5O2/c31-30(37-15-13-35(14-16-37)19-21-8-9-21)11-10-24(22-5-2-1-3-6-22)26(17-30)36-12-4-7-23(20-36)38-27(28(32)33)25(18-34-38)29(39)40/h1-3,5-6,10-11,18,21,23,28H,4,7-9,12-17,19-20H2,(H,39,40). The summed E-state index contributed by atoms with van der Waals surface area (Å²) in [4.78, 5) is 18.1. The van der Waals surface area contributed by atoms with Gasteiger partial charge < -0.3 is 14.9 Å². The Bertz CT molecular complexity index is 1290. The number of rotatable bonds is 8. The van der Waals surface area contributed by atoms with E-state index in [9.17, 15) is 18.7 Å². The number of hydrogen-bond acceptors (Lipinski definition) is 5. The van der Waals surface area contributed by atoms with Crippen LogP contribution in [0.5, 0.6) is 0 Å². The molecule has 2 atom stereocenters. The highest BCUT2D eigenvalue weighted by Crippen LogP contribution is 2.42. The summed E-state index contributed by atoms with van der Waals surface area (Å²) < 4.78 is 29.2. The lowest BCUT2D eigenvalue weighted by Crippen LogP contribution is -2.55. The van der Waals surface area contributed by atoms with Crippen LogP contribution >= 0.6 is 11.6 Å². The summed E-state index contributed by atoms with van der Waals surface area (Å²) in [6.07, 6.45) is 7.11. The molecule has 6 rings (SSSR count). The first-order valence-corrected chi connectivity index (χ1v) is 14.7. The van der Waals surface area contributed by atoms with Crippen LogP contribution in [0.2, 0.25) is 0 Å². The number of likely N-dealkylation sites (tertiary alicyclic amines) is 1. The molecule has 3 fully saturated rings. The van der Waals surface area contributed by atoms with E-state index in [1.807, 2.05) is 18.2 Å². The molecular formula is C30H36ClF2N5O2. The largest absolute Gasteiger partial charge is 0.478 e. The Morgan fingerprint density at radius 3 is 2.52 bits per heavy atom. The number of aromatic carboxylic acids is 1. The van der Waals surface area contributed by atoms with Gasteiger partial charge in [0.1, 0.15) is 16.3 Å². The van der Waals surface area contributed by atoms with Crippen LogP contribution in [0.15, 0.2) is 54.4 Å². The molecule has 7 nitrogen and oxygen atoms in total. The molecule has 1 N–H and O–H groups in total. The molecule has 1 saturated carbocycles. The molecule has 0 amide bonds. The topological polar surface area (TPSA) is 64.8 Å². The van der Waals surface area contributed by atoms with Gasteiger partial charge >= 0.3 is 5.97 Å². The zero-order valence-corrected chi connectivity index (χ0v) is 23.3. The fourth-order valence-electron chi connectivity index (χ4n) is 6.49. The van der Waals surface area contributed by atoms with Gasteiger partial charge in [-0.15, -0.1) is 0 Å². The Kier molecular flexibility index (Phi) is 7.72. The number of benzene rings is 1. The maximum absolute atomic E-state index is 14.0. The van der Waals surface area contributed by atoms with Crippen molar-refractivity contribution in [3.63, 3.8) is 0 Å². The van der Waals surface area contributed by atoms with E-state index in [2.05, 4.69) is 44.1 Å². The van der Waals surface area contributed by atoms with Gasteiger partial charge in [-0.05, 0) is 43.2 Å². The van der Waals surface area contributed by atoms with Gasteiger partial charge in [-0.3, -0.25) is 9.58 Å². The first-order chi connectivity index (χ1) is 19.3. The summed E-state index contributed by atoms with van der Waals surface area (Å²) in [5.41, 5.74) is 2.32. The van der Waals surface area contributed by atoms with Crippen molar-refractivity contribution in [3.8, 4) is 0 Å². The van der Waals surface area contributed by atoms with Gasteiger partial charge in [-0.1, -0.05) is 48.0 Å². The van der Waals surface area contributed by atoms with E-state index < -0.39 is 28.7 Å². The maximum Gasteiger partial charge on any atom is 0.339 e. The molecular weight excluding hydrogens is 536 g/mol. The second-order valence-corrected chi connectivity index (χ2v) is 12.2. The lowest BCUT2D eigenvalue weighted by atomic mass is 9.90. The molecule has 214 valence electrons. The number of carbonyl (C=O) groups is 1. The van der Waals surface area contributed by atoms with E-state index in [1.165, 1.54) is 24.1 Å². The number of carboxylic acid groups (broad SMARTS) is 1. The SMILES string of the molecule is O=C(O)c1cnn(C2CCCN(C3=C(c4ccccc4)C=CC(Cl)(N4CCN(CC5CC5)CC4)C3)C2)c1C(F)F. The van der Waals surface area contributed by atoms with Crippen LogP contribution < -0.4 is 0 Å². The fourth-order valence-corrected chi connectivity index (χ4v) is 6.85. The smallest absolute Gasteiger partial charge is 0.339 e. The van der Waals surface area contributed by atoms with E-state index in [0.29, 0.717) is 19.4 Å². The van der Waals surface area contributed by atoms with Crippen molar-refractivity contribution in [1.82, 2.24) is 24.5 Å². The lowest BCUT2D eigenvalue weighted by Gasteiger charge is -2.47. The Morgan fingerprint density at radius 1 is 1.10 bits per heavy atom. The van der Waals surface area contributed by atoms with Crippen LogP contribution in [-0.2, 0) is 0 Å². The predicted molar refractivity (Wildman–Crippen MR) is 150 cm³/mol. The first-order valence-electron chi connectivity index (χ1n) is 14.3. The molecule has 2 saturated heterocycles. The highest BCUT2D eigenvalue weighted by molar-refractivity contribution is 6.25. The minimum atomic E-state index is -2.92. The normalized spacial score (nSPS) is 26.6. The molecule has 2 unspecified atom stereocenters. The van der Waals surface area contributed by atoms with Crippen molar-refractivity contribution in [2.45, 2.75) is 49.6 Å². The van der Waals surface area contributed by atoms with Gasteiger partial charge in [0.05, 0.1) is 12.2 Å². The maximum atomic E-state index is 14.0. The third kappa shape index (κ3) is 5.56. The van der Waals surface area contributed by atoms with Crippen LogP contribution in [0.3, 0.4) is 0 Å². The lowest BCUT2D eigenvalue weighted by molar-refractivity contribution is 0.0678. The second-order valence-electron chi connectivity index (χ2n) is 11.5. The summed E-state index contributed by atoms with van der Waals surface area (Å²) in [6, 6.07) is 9.82. The number of nitrogens with zero attached hydrogens (tertiary/aromatic N) is 5. The molecule has 1 aromatic carbocycles. The molecule has 4 aliphatic rings. The Morgan fingerprint density at radius 2 is 1.85 bits per heavy atom. The van der Waals surface area contributed by atoms with E-state index in [1.54, 1.807) is 0 Å². The molecule has 2 aliphatic carbocycles. The molecule has 2 aromatic rings. The average Bonchev–Trinajstić information content (AvgIpc) is 3.66.